The molecule has 8 heteroatoms. The van der Waals surface area contributed by atoms with Gasteiger partial charge in [-0.25, -0.2) is 4.79 Å². The zero-order chi connectivity index (χ0) is 19.2. The molecule has 0 aliphatic carbocycles. The minimum Gasteiger partial charge on any atom is -0.376 e. The maximum Gasteiger partial charge on any atom is 0.322 e. The van der Waals surface area contributed by atoms with Crippen molar-refractivity contribution in [3.63, 3.8) is 0 Å². The van der Waals surface area contributed by atoms with Crippen molar-refractivity contribution in [3.05, 3.63) is 41.7 Å². The molecule has 3 amide bonds. The molecule has 0 bridgehead atoms. The highest BCUT2D eigenvalue weighted by molar-refractivity contribution is 5.96. The lowest BCUT2D eigenvalue weighted by atomic mass is 10.1. The average Bonchev–Trinajstić information content (AvgIpc) is 3.32. The summed E-state index contributed by atoms with van der Waals surface area (Å²) in [5, 5.41) is 9.17. The number of amides is 3. The van der Waals surface area contributed by atoms with Crippen LogP contribution in [0.1, 0.15) is 24.0 Å². The van der Waals surface area contributed by atoms with Gasteiger partial charge >= 0.3 is 6.03 Å². The fraction of sp³-hybridized carbons (Fsp3) is 0.421. The predicted octanol–water partition coefficient (Wildman–Crippen LogP) is 2.94. The first-order valence-corrected chi connectivity index (χ1v) is 8.97. The van der Waals surface area contributed by atoms with Gasteiger partial charge in [0.15, 0.2) is 5.82 Å². The Balaban J connectivity index is 1.68. The highest BCUT2D eigenvalue weighted by atomic mass is 16.5. The van der Waals surface area contributed by atoms with Gasteiger partial charge in [0.25, 0.3) is 0 Å². The number of urea groups is 1. The fourth-order valence-corrected chi connectivity index (χ4v) is 2.97. The molecule has 1 atom stereocenters. The molecule has 0 radical (unpaired) electrons. The van der Waals surface area contributed by atoms with Crippen molar-refractivity contribution in [2.24, 2.45) is 0 Å². The van der Waals surface area contributed by atoms with Gasteiger partial charge in [-0.05, 0) is 43.9 Å². The van der Waals surface area contributed by atoms with Crippen molar-refractivity contribution in [1.29, 1.82) is 0 Å². The number of benzene rings is 1. The molecule has 1 unspecified atom stereocenters. The summed E-state index contributed by atoms with van der Waals surface area (Å²) in [7, 11) is 0. The van der Waals surface area contributed by atoms with Gasteiger partial charge in [-0.2, -0.15) is 0 Å². The van der Waals surface area contributed by atoms with Gasteiger partial charge in [0.1, 0.15) is 12.8 Å². The van der Waals surface area contributed by atoms with Crippen LogP contribution in [-0.4, -0.2) is 47.8 Å². The Hall–Kier alpha value is -2.87. The number of ether oxygens (including phenoxy) is 1. The van der Waals surface area contributed by atoms with E-state index in [2.05, 4.69) is 15.8 Å². The van der Waals surface area contributed by atoms with Crippen LogP contribution in [0.3, 0.4) is 0 Å². The van der Waals surface area contributed by atoms with E-state index < -0.39 is 0 Å². The standard InChI is InChI=1S/C19H24N4O4/c1-13-5-3-7-16(14(13)2)20-19(25)23(11-15-6-4-9-26-15)12-18(24)21-17-8-10-27-22-17/h3,5,7-8,10,15H,4,6,9,11-12H2,1-2H3,(H,20,25)(H,21,22,24). The van der Waals surface area contributed by atoms with E-state index in [9.17, 15) is 9.59 Å². The first-order valence-electron chi connectivity index (χ1n) is 8.97. The molecule has 1 saturated heterocycles. The van der Waals surface area contributed by atoms with Crippen molar-refractivity contribution < 1.29 is 18.8 Å². The van der Waals surface area contributed by atoms with Crippen LogP contribution in [0.5, 0.6) is 0 Å². The monoisotopic (exact) mass is 372 g/mol. The molecule has 1 aliphatic rings. The van der Waals surface area contributed by atoms with Gasteiger partial charge in [-0.15, -0.1) is 0 Å². The Morgan fingerprint density at radius 2 is 2.11 bits per heavy atom. The number of nitrogens with one attached hydrogen (secondary N) is 2. The van der Waals surface area contributed by atoms with E-state index in [0.717, 1.165) is 29.7 Å². The second-order valence-corrected chi connectivity index (χ2v) is 6.63. The minimum absolute atomic E-state index is 0.0609. The Morgan fingerprint density at radius 1 is 1.26 bits per heavy atom. The molecule has 0 saturated carbocycles. The molecule has 144 valence electrons. The number of carbonyl (C=O) groups is 2. The van der Waals surface area contributed by atoms with E-state index in [4.69, 9.17) is 9.26 Å². The van der Waals surface area contributed by atoms with Crippen LogP contribution in [-0.2, 0) is 9.53 Å². The summed E-state index contributed by atoms with van der Waals surface area (Å²) in [4.78, 5) is 26.6. The quantitative estimate of drug-likeness (QED) is 0.813. The van der Waals surface area contributed by atoms with Crippen LogP contribution in [0.15, 0.2) is 35.1 Å². The predicted molar refractivity (Wildman–Crippen MR) is 101 cm³/mol. The van der Waals surface area contributed by atoms with E-state index in [1.807, 2.05) is 32.0 Å². The number of anilines is 2. The van der Waals surface area contributed by atoms with E-state index in [-0.39, 0.29) is 24.6 Å². The highest BCUT2D eigenvalue weighted by Crippen LogP contribution is 2.19. The molecule has 2 heterocycles. The number of rotatable bonds is 6. The molecule has 2 aromatic rings. The van der Waals surface area contributed by atoms with Crippen molar-refractivity contribution in [1.82, 2.24) is 10.1 Å². The molecule has 1 fully saturated rings. The third kappa shape index (κ3) is 5.07. The van der Waals surface area contributed by atoms with Crippen molar-refractivity contribution in [2.45, 2.75) is 32.8 Å². The number of carbonyl (C=O) groups excluding carboxylic acids is 2. The van der Waals surface area contributed by atoms with Gasteiger partial charge < -0.3 is 24.8 Å². The third-order valence-electron chi connectivity index (χ3n) is 4.62. The molecular formula is C19H24N4O4. The molecule has 2 N–H and O–H groups in total. The van der Waals surface area contributed by atoms with Gasteiger partial charge in [0.2, 0.25) is 5.91 Å². The molecule has 1 aliphatic heterocycles. The second-order valence-electron chi connectivity index (χ2n) is 6.63. The van der Waals surface area contributed by atoms with Crippen LogP contribution in [0, 0.1) is 13.8 Å². The maximum absolute atomic E-state index is 12.8. The molecule has 1 aromatic heterocycles. The number of hydrogen-bond acceptors (Lipinski definition) is 5. The second kappa shape index (κ2) is 8.68. The zero-order valence-electron chi connectivity index (χ0n) is 15.5. The minimum atomic E-state index is -0.349. The lowest BCUT2D eigenvalue weighted by Crippen LogP contribution is -2.44. The summed E-state index contributed by atoms with van der Waals surface area (Å²) in [5.74, 6) is -0.0370. The van der Waals surface area contributed by atoms with E-state index in [0.29, 0.717) is 19.0 Å². The summed E-state index contributed by atoms with van der Waals surface area (Å²) in [5.41, 5.74) is 2.81. The van der Waals surface area contributed by atoms with Crippen LogP contribution < -0.4 is 10.6 Å². The maximum atomic E-state index is 12.8. The topological polar surface area (TPSA) is 96.7 Å². The molecule has 8 nitrogen and oxygen atoms in total. The Labute approximate surface area is 157 Å². The summed E-state index contributed by atoms with van der Waals surface area (Å²) < 4.78 is 10.3. The van der Waals surface area contributed by atoms with Gasteiger partial charge in [-0.1, -0.05) is 17.3 Å². The number of aryl methyl sites for hydroxylation is 1. The van der Waals surface area contributed by atoms with Crippen LogP contribution in [0.2, 0.25) is 0 Å². The zero-order valence-corrected chi connectivity index (χ0v) is 15.5. The fourth-order valence-electron chi connectivity index (χ4n) is 2.97. The van der Waals surface area contributed by atoms with Gasteiger partial charge in [0, 0.05) is 24.9 Å². The van der Waals surface area contributed by atoms with E-state index in [1.54, 1.807) is 6.07 Å². The average molecular weight is 372 g/mol. The van der Waals surface area contributed by atoms with Crippen LogP contribution in [0.25, 0.3) is 0 Å². The molecule has 1 aromatic carbocycles. The summed E-state index contributed by atoms with van der Waals surface area (Å²) in [6.45, 7) is 4.86. The lowest BCUT2D eigenvalue weighted by molar-refractivity contribution is -0.117. The normalized spacial score (nSPS) is 16.1. The first kappa shape index (κ1) is 18.9. The van der Waals surface area contributed by atoms with Crippen LogP contribution in [0.4, 0.5) is 16.3 Å². The first-order chi connectivity index (χ1) is 13.0. The largest absolute Gasteiger partial charge is 0.376 e. The van der Waals surface area contributed by atoms with Crippen molar-refractivity contribution in [2.75, 3.05) is 30.3 Å². The molecule has 27 heavy (non-hydrogen) atoms. The lowest BCUT2D eigenvalue weighted by Gasteiger charge is -2.25. The Morgan fingerprint density at radius 3 is 2.81 bits per heavy atom. The summed E-state index contributed by atoms with van der Waals surface area (Å²) in [6.07, 6.45) is 3.14. The van der Waals surface area contributed by atoms with E-state index >= 15 is 0 Å². The van der Waals surface area contributed by atoms with Crippen molar-refractivity contribution >= 4 is 23.4 Å². The summed E-state index contributed by atoms with van der Waals surface area (Å²) >= 11 is 0. The summed E-state index contributed by atoms with van der Waals surface area (Å²) in [6, 6.07) is 6.92. The number of hydrogen-bond donors (Lipinski definition) is 2. The van der Waals surface area contributed by atoms with Crippen molar-refractivity contribution in [3.8, 4) is 0 Å². The SMILES string of the molecule is Cc1cccc(NC(=O)N(CC(=O)Nc2ccon2)CC2CCCO2)c1C. The smallest absolute Gasteiger partial charge is 0.322 e. The van der Waals surface area contributed by atoms with E-state index in [1.165, 1.54) is 11.2 Å². The molecule has 3 rings (SSSR count). The number of aromatic nitrogens is 1. The molecule has 0 spiro atoms. The Kier molecular flexibility index (Phi) is 6.08. The Bertz CT molecular complexity index is 785. The highest BCUT2D eigenvalue weighted by Gasteiger charge is 2.25. The third-order valence-corrected chi connectivity index (χ3v) is 4.62. The number of nitrogens with zero attached hydrogens (tertiary/aromatic N) is 2. The van der Waals surface area contributed by atoms with Gasteiger partial charge in [-0.3, -0.25) is 4.79 Å². The van der Waals surface area contributed by atoms with Gasteiger partial charge in [0.05, 0.1) is 6.10 Å². The molecular weight excluding hydrogens is 348 g/mol. The van der Waals surface area contributed by atoms with Crippen LogP contribution >= 0.6 is 0 Å².